The van der Waals surface area contributed by atoms with Gasteiger partial charge in [-0.05, 0) is 32.1 Å². The van der Waals surface area contributed by atoms with E-state index in [1.807, 2.05) is 6.92 Å². The molecule has 20 heavy (non-hydrogen) atoms. The molecular formula is C14H26ClN3O2. The second-order valence-corrected chi connectivity index (χ2v) is 5.72. The number of amides is 2. The molecule has 6 heteroatoms. The highest BCUT2D eigenvalue weighted by molar-refractivity contribution is 5.85. The highest BCUT2D eigenvalue weighted by Gasteiger charge is 2.33. The Kier molecular flexibility index (Phi) is 7.30. The van der Waals surface area contributed by atoms with Gasteiger partial charge in [-0.3, -0.25) is 9.59 Å². The van der Waals surface area contributed by atoms with Crippen molar-refractivity contribution in [3.8, 4) is 0 Å². The van der Waals surface area contributed by atoms with Crippen LogP contribution in [-0.2, 0) is 9.59 Å². The van der Waals surface area contributed by atoms with Crippen molar-refractivity contribution in [3.05, 3.63) is 0 Å². The number of nitrogens with one attached hydrogen (secondary N) is 3. The predicted octanol–water partition coefficient (Wildman–Crippen LogP) is 1.11. The highest BCUT2D eigenvalue weighted by atomic mass is 35.5. The van der Waals surface area contributed by atoms with Crippen LogP contribution in [0.1, 0.15) is 51.9 Å². The first kappa shape index (κ1) is 17.2. The molecule has 2 saturated heterocycles. The van der Waals surface area contributed by atoms with E-state index >= 15 is 0 Å². The summed E-state index contributed by atoms with van der Waals surface area (Å²) in [6, 6.07) is 1.46. The van der Waals surface area contributed by atoms with Gasteiger partial charge in [-0.2, -0.15) is 0 Å². The maximum absolute atomic E-state index is 11.8. The normalized spacial score (nSPS) is 27.6. The summed E-state index contributed by atoms with van der Waals surface area (Å²) in [5.41, 5.74) is 0. The van der Waals surface area contributed by atoms with Crippen LogP contribution >= 0.6 is 12.4 Å². The summed E-state index contributed by atoms with van der Waals surface area (Å²) in [5.74, 6) is -0.0136. The quantitative estimate of drug-likeness (QED) is 0.688. The lowest BCUT2D eigenvalue weighted by molar-refractivity contribution is -0.126. The highest BCUT2D eigenvalue weighted by Crippen LogP contribution is 2.26. The van der Waals surface area contributed by atoms with Crippen molar-refractivity contribution in [3.63, 3.8) is 0 Å². The van der Waals surface area contributed by atoms with E-state index in [0.29, 0.717) is 37.5 Å². The van der Waals surface area contributed by atoms with Gasteiger partial charge in [0.25, 0.3) is 0 Å². The van der Waals surface area contributed by atoms with Gasteiger partial charge in [-0.25, -0.2) is 0 Å². The fourth-order valence-electron chi connectivity index (χ4n) is 3.05. The van der Waals surface area contributed by atoms with E-state index in [9.17, 15) is 9.59 Å². The predicted molar refractivity (Wildman–Crippen MR) is 80.9 cm³/mol. The summed E-state index contributed by atoms with van der Waals surface area (Å²) >= 11 is 0. The maximum Gasteiger partial charge on any atom is 0.220 e. The molecule has 2 amide bonds. The van der Waals surface area contributed by atoms with Gasteiger partial charge in [0, 0.05) is 37.5 Å². The van der Waals surface area contributed by atoms with Crippen LogP contribution in [0.2, 0.25) is 0 Å². The largest absolute Gasteiger partial charge is 0.356 e. The Morgan fingerprint density at radius 2 is 1.70 bits per heavy atom. The van der Waals surface area contributed by atoms with E-state index in [2.05, 4.69) is 16.0 Å². The molecule has 0 aromatic heterocycles. The molecule has 5 nitrogen and oxygen atoms in total. The van der Waals surface area contributed by atoms with Crippen LogP contribution in [0.5, 0.6) is 0 Å². The van der Waals surface area contributed by atoms with Gasteiger partial charge in [0.2, 0.25) is 11.8 Å². The number of carbonyl (C=O) groups is 2. The van der Waals surface area contributed by atoms with Crippen LogP contribution < -0.4 is 16.0 Å². The lowest BCUT2D eigenvalue weighted by Gasteiger charge is -2.29. The van der Waals surface area contributed by atoms with Crippen LogP contribution in [-0.4, -0.2) is 36.5 Å². The number of hydrogen-bond acceptors (Lipinski definition) is 3. The zero-order chi connectivity index (χ0) is 13.7. The summed E-state index contributed by atoms with van der Waals surface area (Å²) in [4.78, 5) is 23.2. The third-order valence-corrected chi connectivity index (χ3v) is 3.99. The Balaban J connectivity index is 0.00000200. The van der Waals surface area contributed by atoms with Gasteiger partial charge in [-0.15, -0.1) is 12.4 Å². The molecule has 2 heterocycles. The Morgan fingerprint density at radius 1 is 1.10 bits per heavy atom. The number of hydrogen-bond donors (Lipinski definition) is 3. The molecule has 3 N–H and O–H groups in total. The van der Waals surface area contributed by atoms with Crippen molar-refractivity contribution >= 4 is 24.2 Å². The van der Waals surface area contributed by atoms with Crippen LogP contribution in [0.15, 0.2) is 0 Å². The molecule has 2 aliphatic rings. The molecule has 116 valence electrons. The third kappa shape index (κ3) is 5.29. The van der Waals surface area contributed by atoms with E-state index in [1.165, 1.54) is 12.8 Å². The molecule has 0 radical (unpaired) electrons. The topological polar surface area (TPSA) is 70.2 Å². The van der Waals surface area contributed by atoms with Gasteiger partial charge >= 0.3 is 0 Å². The molecule has 2 unspecified atom stereocenters. The number of fused-ring (bicyclic) bond motifs is 2. The van der Waals surface area contributed by atoms with Crippen molar-refractivity contribution in [1.82, 2.24) is 16.0 Å². The van der Waals surface area contributed by atoms with Crippen molar-refractivity contribution < 1.29 is 9.59 Å². The molecule has 2 aliphatic heterocycles. The Hall–Kier alpha value is -0.810. The SMILES string of the molecule is CCCNC(=O)CCC(=O)NC1CC2CCC(C1)N2.Cl. The number of rotatable bonds is 6. The minimum absolute atomic E-state index is 0. The average Bonchev–Trinajstić information content (AvgIpc) is 2.73. The molecular weight excluding hydrogens is 278 g/mol. The van der Waals surface area contributed by atoms with E-state index in [-0.39, 0.29) is 24.2 Å². The zero-order valence-corrected chi connectivity index (χ0v) is 12.9. The summed E-state index contributed by atoms with van der Waals surface area (Å²) in [5, 5.41) is 9.41. The molecule has 0 spiro atoms. The zero-order valence-electron chi connectivity index (χ0n) is 12.1. The van der Waals surface area contributed by atoms with Crippen molar-refractivity contribution in [1.29, 1.82) is 0 Å². The molecule has 0 aliphatic carbocycles. The van der Waals surface area contributed by atoms with E-state index in [4.69, 9.17) is 0 Å². The first-order valence-electron chi connectivity index (χ1n) is 7.49. The molecule has 2 fully saturated rings. The van der Waals surface area contributed by atoms with Crippen LogP contribution in [0, 0.1) is 0 Å². The van der Waals surface area contributed by atoms with Crippen molar-refractivity contribution in [2.24, 2.45) is 0 Å². The standard InChI is InChI=1S/C14H25N3O2.ClH/c1-2-7-15-13(18)5-6-14(19)17-12-8-10-3-4-11(9-12)16-10;/h10-12,16H,2-9H2,1H3,(H,15,18)(H,17,19);1H. The molecule has 2 rings (SSSR count). The monoisotopic (exact) mass is 303 g/mol. The van der Waals surface area contributed by atoms with Crippen molar-refractivity contribution in [2.75, 3.05) is 6.54 Å². The van der Waals surface area contributed by atoms with E-state index in [1.54, 1.807) is 0 Å². The fourth-order valence-corrected chi connectivity index (χ4v) is 3.05. The van der Waals surface area contributed by atoms with Gasteiger partial charge in [0.05, 0.1) is 0 Å². The minimum atomic E-state index is -0.0256. The second kappa shape index (κ2) is 8.47. The summed E-state index contributed by atoms with van der Waals surface area (Å²) < 4.78 is 0. The maximum atomic E-state index is 11.8. The van der Waals surface area contributed by atoms with Crippen LogP contribution in [0.25, 0.3) is 0 Å². The average molecular weight is 304 g/mol. The molecule has 2 bridgehead atoms. The molecule has 0 saturated carbocycles. The third-order valence-electron chi connectivity index (χ3n) is 3.99. The van der Waals surface area contributed by atoms with Gasteiger partial charge in [-0.1, -0.05) is 6.92 Å². The first-order valence-corrected chi connectivity index (χ1v) is 7.49. The smallest absolute Gasteiger partial charge is 0.220 e. The number of piperidine rings is 1. The lowest BCUT2D eigenvalue weighted by atomic mass is 9.99. The fraction of sp³-hybridized carbons (Fsp3) is 0.857. The Labute approximate surface area is 127 Å². The summed E-state index contributed by atoms with van der Waals surface area (Å²) in [6.45, 7) is 2.70. The first-order chi connectivity index (χ1) is 9.17. The second-order valence-electron chi connectivity index (χ2n) is 5.72. The number of carbonyl (C=O) groups excluding carboxylic acids is 2. The van der Waals surface area contributed by atoms with E-state index in [0.717, 1.165) is 19.3 Å². The molecule has 2 atom stereocenters. The van der Waals surface area contributed by atoms with Crippen LogP contribution in [0.4, 0.5) is 0 Å². The van der Waals surface area contributed by atoms with Gasteiger partial charge in [0.15, 0.2) is 0 Å². The minimum Gasteiger partial charge on any atom is -0.356 e. The number of halogens is 1. The summed E-state index contributed by atoms with van der Waals surface area (Å²) in [6.07, 6.45) is 6.05. The van der Waals surface area contributed by atoms with Gasteiger partial charge in [0.1, 0.15) is 0 Å². The van der Waals surface area contributed by atoms with Crippen LogP contribution in [0.3, 0.4) is 0 Å². The summed E-state index contributed by atoms with van der Waals surface area (Å²) in [7, 11) is 0. The molecule has 0 aromatic rings. The van der Waals surface area contributed by atoms with E-state index < -0.39 is 0 Å². The molecule has 0 aromatic carbocycles. The van der Waals surface area contributed by atoms with Gasteiger partial charge < -0.3 is 16.0 Å². The van der Waals surface area contributed by atoms with Crippen molar-refractivity contribution in [2.45, 2.75) is 70.0 Å². The lowest BCUT2D eigenvalue weighted by Crippen LogP contribution is -2.48. The Bertz CT molecular complexity index is 326. The Morgan fingerprint density at radius 3 is 2.30 bits per heavy atom.